The zero-order valence-electron chi connectivity index (χ0n) is 23.6. The van der Waals surface area contributed by atoms with E-state index in [0.717, 1.165) is 12.3 Å². The first-order valence-corrected chi connectivity index (χ1v) is 14.4. The molecule has 0 radical (unpaired) electrons. The van der Waals surface area contributed by atoms with Gasteiger partial charge in [0.05, 0.1) is 19.3 Å². The number of ether oxygens (including phenoxy) is 2. The molecule has 1 fully saturated rings. The Kier molecular flexibility index (Phi) is 10.9. The van der Waals surface area contributed by atoms with Gasteiger partial charge in [-0.05, 0) is 53.1 Å². The van der Waals surface area contributed by atoms with Crippen LogP contribution in [0.1, 0.15) is 27.0 Å². The van der Waals surface area contributed by atoms with Gasteiger partial charge in [-0.3, -0.25) is 18.7 Å². The van der Waals surface area contributed by atoms with Gasteiger partial charge in [-0.2, -0.15) is 18.9 Å². The van der Waals surface area contributed by atoms with Crippen LogP contribution < -0.4 is 20.6 Å². The molecule has 1 amide bonds. The number of likely N-dealkylation sites (N-methyl/N-ethyl adjacent to an activating group) is 1. The molecule has 1 aliphatic heterocycles. The number of esters is 1. The Bertz CT molecular complexity index is 1350. The highest BCUT2D eigenvalue weighted by Crippen LogP contribution is 2.48. The smallest absolute Gasteiger partial charge is 0.459 e. The van der Waals surface area contributed by atoms with Crippen molar-refractivity contribution in [2.45, 2.75) is 57.3 Å². The maximum Gasteiger partial charge on any atom is 0.459 e. The molecule has 1 aromatic carbocycles. The summed E-state index contributed by atoms with van der Waals surface area (Å²) in [6.07, 6.45) is -6.14. The van der Waals surface area contributed by atoms with Crippen LogP contribution in [0, 0.1) is 0 Å². The summed E-state index contributed by atoms with van der Waals surface area (Å²) in [4.78, 5) is 42.0. The number of anilines is 1. The normalized spacial score (nSPS) is 22.0. The minimum absolute atomic E-state index is 0.00711. The van der Waals surface area contributed by atoms with Gasteiger partial charge in [0.15, 0.2) is 6.10 Å². The predicted octanol–water partition coefficient (Wildman–Crippen LogP) is 1.77. The summed E-state index contributed by atoms with van der Waals surface area (Å²) in [5.74, 6) is -5.37. The molecule has 1 saturated heterocycles. The Morgan fingerprint density at radius 2 is 1.88 bits per heavy atom. The van der Waals surface area contributed by atoms with E-state index in [1.807, 2.05) is 0 Å². The van der Waals surface area contributed by atoms with Gasteiger partial charge >= 0.3 is 25.3 Å². The molecule has 3 N–H and O–H groups in total. The van der Waals surface area contributed by atoms with E-state index in [2.05, 4.69) is 15.4 Å². The van der Waals surface area contributed by atoms with Gasteiger partial charge in [-0.15, -0.1) is 0 Å². The van der Waals surface area contributed by atoms with Gasteiger partial charge in [-0.25, -0.2) is 9.36 Å². The average Bonchev–Trinajstić information content (AvgIpc) is 3.10. The lowest BCUT2D eigenvalue weighted by Gasteiger charge is -2.25. The molecule has 2 heterocycles. The van der Waals surface area contributed by atoms with Crippen molar-refractivity contribution in [2.24, 2.45) is 0 Å². The number of nitrogens with one attached hydrogen (secondary N) is 2. The summed E-state index contributed by atoms with van der Waals surface area (Å²) in [5.41, 5.74) is -1.19. The number of carbonyl (C=O) groups excluding carboxylic acids is 2. The number of benzene rings is 1. The fourth-order valence-corrected chi connectivity index (χ4v) is 5.24. The fraction of sp³-hybridized carbons (Fsp3) is 0.520. The van der Waals surface area contributed by atoms with Gasteiger partial charge < -0.3 is 29.3 Å². The number of aliphatic hydroxyl groups excluding tert-OH is 1. The Morgan fingerprint density at radius 3 is 2.48 bits per heavy atom. The van der Waals surface area contributed by atoms with Crippen molar-refractivity contribution in [1.82, 2.24) is 19.5 Å². The van der Waals surface area contributed by atoms with Crippen LogP contribution >= 0.6 is 7.75 Å². The van der Waals surface area contributed by atoms with Crippen molar-refractivity contribution in [3.05, 3.63) is 53.1 Å². The van der Waals surface area contributed by atoms with Crippen LogP contribution in [0.2, 0.25) is 0 Å². The molecular formula is C25H34F2N5O9P. The quantitative estimate of drug-likeness (QED) is 0.220. The minimum Gasteiger partial charge on any atom is -0.462 e. The summed E-state index contributed by atoms with van der Waals surface area (Å²) in [6.45, 7) is 3.68. The van der Waals surface area contributed by atoms with E-state index in [9.17, 15) is 24.1 Å². The zero-order valence-corrected chi connectivity index (χ0v) is 24.5. The van der Waals surface area contributed by atoms with Crippen molar-refractivity contribution in [3.63, 3.8) is 0 Å². The predicted molar refractivity (Wildman–Crippen MR) is 145 cm³/mol. The number of alkyl halides is 2. The number of amides is 1. The van der Waals surface area contributed by atoms with Gasteiger partial charge in [0.1, 0.15) is 23.7 Å². The molecule has 14 nitrogen and oxygen atoms in total. The van der Waals surface area contributed by atoms with Crippen molar-refractivity contribution in [3.8, 4) is 5.75 Å². The van der Waals surface area contributed by atoms with Gasteiger partial charge in [0.2, 0.25) is 12.1 Å². The molecular weight excluding hydrogens is 583 g/mol. The molecule has 3 rings (SSSR count). The van der Waals surface area contributed by atoms with E-state index in [4.69, 9.17) is 18.5 Å². The largest absolute Gasteiger partial charge is 0.462 e. The van der Waals surface area contributed by atoms with Crippen molar-refractivity contribution in [2.75, 3.05) is 32.6 Å². The highest BCUT2D eigenvalue weighted by Gasteiger charge is 2.60. The van der Waals surface area contributed by atoms with Crippen molar-refractivity contribution < 1.29 is 46.6 Å². The standard InChI is InChI=1S/C25H34F2N5O9P/c1-15(2)39-22(35)16(3)30-42(37,41-17-9-7-6-8-10-17)38-14-18-21(34)25(26,27)23(40-18)32-12-11-19(29-24(32)36)28-20(33)13-31(4)5/h6-12,15-16,18,21,23,34H,13-14H2,1-5H3,(H,30,37)(H,28,29,33,36)/t16-,18+,21+,23+,42+/m0/s1. The number of nitrogens with zero attached hydrogens (tertiary/aromatic N) is 3. The summed E-state index contributed by atoms with van der Waals surface area (Å²) < 4.78 is 65.5. The number of halogens is 2. The second-order valence-corrected chi connectivity index (χ2v) is 11.7. The molecule has 0 unspecified atom stereocenters. The second kappa shape index (κ2) is 13.8. The highest BCUT2D eigenvalue weighted by atomic mass is 31.2. The molecule has 2 aromatic rings. The third-order valence-corrected chi connectivity index (χ3v) is 7.27. The summed E-state index contributed by atoms with van der Waals surface area (Å²) in [7, 11) is -1.15. The molecule has 1 aliphatic rings. The van der Waals surface area contributed by atoms with E-state index < -0.39 is 68.4 Å². The first kappa shape index (κ1) is 33.2. The lowest BCUT2D eigenvalue weighted by Crippen LogP contribution is -2.42. The summed E-state index contributed by atoms with van der Waals surface area (Å²) >= 11 is 0. The Morgan fingerprint density at radius 1 is 1.21 bits per heavy atom. The van der Waals surface area contributed by atoms with Crippen LogP contribution in [0.4, 0.5) is 14.6 Å². The van der Waals surface area contributed by atoms with Gasteiger partial charge in [0, 0.05) is 6.20 Å². The van der Waals surface area contributed by atoms with E-state index in [1.165, 1.54) is 19.1 Å². The minimum atomic E-state index is -4.46. The first-order chi connectivity index (χ1) is 19.6. The number of hydrogen-bond donors (Lipinski definition) is 3. The zero-order chi connectivity index (χ0) is 31.2. The summed E-state index contributed by atoms with van der Waals surface area (Å²) in [6, 6.07) is 7.64. The van der Waals surface area contributed by atoms with E-state index in [1.54, 1.807) is 51.0 Å². The average molecular weight is 618 g/mol. The lowest BCUT2D eigenvalue weighted by atomic mass is 10.1. The highest BCUT2D eigenvalue weighted by molar-refractivity contribution is 7.52. The van der Waals surface area contributed by atoms with Crippen molar-refractivity contribution in [1.29, 1.82) is 0 Å². The van der Waals surface area contributed by atoms with Crippen LogP contribution in [0.15, 0.2) is 47.4 Å². The molecule has 1 aromatic heterocycles. The molecule has 5 atom stereocenters. The Balaban J connectivity index is 1.77. The number of aliphatic hydroxyl groups is 1. The van der Waals surface area contributed by atoms with Crippen LogP contribution in [0.3, 0.4) is 0 Å². The number of rotatable bonds is 13. The van der Waals surface area contributed by atoms with Gasteiger partial charge in [-0.1, -0.05) is 18.2 Å². The Hall–Kier alpha value is -3.27. The molecule has 17 heteroatoms. The van der Waals surface area contributed by atoms with E-state index >= 15 is 8.78 Å². The monoisotopic (exact) mass is 617 g/mol. The van der Waals surface area contributed by atoms with Crippen LogP contribution in [-0.4, -0.2) is 89.0 Å². The first-order valence-electron chi connectivity index (χ1n) is 12.8. The Labute approximate surface area is 240 Å². The number of carbonyl (C=O) groups is 2. The van der Waals surface area contributed by atoms with Crippen LogP contribution in [0.25, 0.3) is 0 Å². The van der Waals surface area contributed by atoms with Crippen molar-refractivity contribution >= 4 is 25.4 Å². The SMILES string of the molecule is CC(C)OC(=O)[C@H](C)N[P@@](=O)(OC[C@H]1O[C@@H](n2ccc(NC(=O)CN(C)C)nc2=O)C(F)(F)[C@@H]1O)Oc1ccccc1. The van der Waals surface area contributed by atoms with Gasteiger partial charge in [0.25, 0.3) is 0 Å². The van der Waals surface area contributed by atoms with E-state index in [0.29, 0.717) is 4.57 Å². The second-order valence-electron chi connectivity index (χ2n) is 9.97. The molecule has 0 bridgehead atoms. The molecule has 0 aliphatic carbocycles. The van der Waals surface area contributed by atoms with Crippen LogP contribution in [0.5, 0.6) is 5.75 Å². The maximum atomic E-state index is 15.1. The number of para-hydroxylation sites is 1. The molecule has 232 valence electrons. The topological polar surface area (TPSA) is 171 Å². The molecule has 0 saturated carbocycles. The third kappa shape index (κ3) is 8.63. The molecule has 42 heavy (non-hydrogen) atoms. The fourth-order valence-electron chi connectivity index (χ4n) is 3.74. The van der Waals surface area contributed by atoms with Crippen LogP contribution in [-0.2, 0) is 28.2 Å². The summed E-state index contributed by atoms with van der Waals surface area (Å²) in [5, 5.41) is 15.1. The number of hydrogen-bond acceptors (Lipinski definition) is 11. The molecule has 0 spiro atoms. The van der Waals surface area contributed by atoms with E-state index in [-0.39, 0.29) is 18.1 Å². The number of aromatic nitrogens is 2. The lowest BCUT2D eigenvalue weighted by molar-refractivity contribution is -0.149. The third-order valence-electron chi connectivity index (χ3n) is 5.62. The maximum absolute atomic E-state index is 15.1.